The number of aliphatic hydroxyl groups excluding tert-OH is 6. The van der Waals surface area contributed by atoms with Crippen LogP contribution in [0.1, 0.15) is 12.1 Å². The summed E-state index contributed by atoms with van der Waals surface area (Å²) in [6.07, 6.45) is -5.48. The molecule has 2 aromatic heterocycles. The average Bonchev–Trinajstić information content (AvgIpc) is 3.71. The molecule has 5 unspecified atom stereocenters. The largest absolute Gasteiger partial charge is 0.394 e. The van der Waals surface area contributed by atoms with E-state index in [2.05, 4.69) is 20.6 Å². The molecule has 0 spiro atoms. The number of hydrogen-bond acceptors (Lipinski definition) is 13. The van der Waals surface area contributed by atoms with Gasteiger partial charge in [-0.25, -0.2) is 18.1 Å². The van der Waals surface area contributed by atoms with Gasteiger partial charge in [-0.1, -0.05) is 46.5 Å². The van der Waals surface area contributed by atoms with Gasteiger partial charge in [-0.15, -0.1) is 10.2 Å². The van der Waals surface area contributed by atoms with Crippen LogP contribution in [0.25, 0.3) is 22.5 Å². The van der Waals surface area contributed by atoms with Gasteiger partial charge >= 0.3 is 0 Å². The number of thioether (sulfide) groups is 1. The van der Waals surface area contributed by atoms with Gasteiger partial charge in [0.05, 0.1) is 25.6 Å². The lowest BCUT2D eigenvalue weighted by molar-refractivity contribution is -0.189. The van der Waals surface area contributed by atoms with E-state index in [1.165, 1.54) is 58.2 Å². The maximum Gasteiger partial charge on any atom is 0.134 e. The van der Waals surface area contributed by atoms with E-state index in [1.807, 2.05) is 0 Å². The van der Waals surface area contributed by atoms with Gasteiger partial charge in [0, 0.05) is 11.1 Å². The topological polar surface area (TPSA) is 201 Å². The molecule has 0 aliphatic carbocycles. The average molecular weight is 649 g/mol. The van der Waals surface area contributed by atoms with Gasteiger partial charge in [-0.3, -0.25) is 0 Å². The number of benzene rings is 2. The lowest BCUT2D eigenvalue weighted by atomic mass is 9.97. The van der Waals surface area contributed by atoms with Crippen molar-refractivity contribution in [2.75, 3.05) is 13.2 Å². The van der Waals surface area contributed by atoms with Crippen LogP contribution in [0.5, 0.6) is 0 Å². The molecule has 6 N–H and O–H groups in total. The summed E-state index contributed by atoms with van der Waals surface area (Å²) in [6.45, 7) is -1.27. The van der Waals surface area contributed by atoms with Gasteiger partial charge in [0.1, 0.15) is 82.6 Å². The molecule has 0 saturated carbocycles. The minimum atomic E-state index is -1.51. The Bertz CT molecular complexity index is 1500. The molecule has 240 valence electrons. The number of nitrogens with zero attached hydrogens (tertiary/aromatic N) is 6. The lowest BCUT2D eigenvalue weighted by Gasteiger charge is -2.46. The molecule has 2 aromatic carbocycles. The van der Waals surface area contributed by atoms with Gasteiger partial charge in [0.15, 0.2) is 0 Å². The molecule has 2 aliphatic heterocycles. The van der Waals surface area contributed by atoms with Crippen LogP contribution in [0.15, 0.2) is 60.9 Å². The second kappa shape index (κ2) is 13.1. The Morgan fingerprint density at radius 3 is 1.47 bits per heavy atom. The van der Waals surface area contributed by atoms with E-state index in [0.717, 1.165) is 11.8 Å². The summed E-state index contributed by atoms with van der Waals surface area (Å²) in [5, 5.41) is 80.8. The molecular formula is C28H30F2N6O8S. The van der Waals surface area contributed by atoms with Gasteiger partial charge in [-0.05, 0) is 24.3 Å². The van der Waals surface area contributed by atoms with Gasteiger partial charge in [-0.2, -0.15) is 0 Å². The van der Waals surface area contributed by atoms with Crippen LogP contribution in [0.4, 0.5) is 8.78 Å². The summed E-state index contributed by atoms with van der Waals surface area (Å²) in [5.41, 5.74) is -1.10. The first kappa shape index (κ1) is 31.6. The van der Waals surface area contributed by atoms with E-state index in [0.29, 0.717) is 11.1 Å². The maximum absolute atomic E-state index is 13.8. The normalized spacial score (nSPS) is 32.1. The molecule has 0 bridgehead atoms. The highest BCUT2D eigenvalue weighted by Crippen LogP contribution is 2.42. The van der Waals surface area contributed by atoms with E-state index in [-0.39, 0.29) is 11.4 Å². The van der Waals surface area contributed by atoms with Crippen molar-refractivity contribution in [2.24, 2.45) is 0 Å². The van der Waals surface area contributed by atoms with Crippen LogP contribution >= 0.6 is 11.8 Å². The summed E-state index contributed by atoms with van der Waals surface area (Å²) in [4.78, 5) is 0. The van der Waals surface area contributed by atoms with Gasteiger partial charge in [0.2, 0.25) is 0 Å². The van der Waals surface area contributed by atoms with Crippen molar-refractivity contribution in [3.8, 4) is 22.5 Å². The molecule has 2 saturated heterocycles. The standard InChI is InChI=1S/C28H30F2N6O8S/c29-15-5-1-3-13(7-15)17-9-35(33-31-17)21-23(39)19(11-37)43-27(25(21)41)45-28-26(42)22(24(40)20(12-38)44-28)36-10-18(32-34-36)14-4-2-6-16(30)8-14/h1-10,19-28,37-42H,11-12H2/t19-,20?,21?,22?,23?,24+,25-,26?,27+,28+/m1/s1. The molecule has 0 radical (unpaired) electrons. The fourth-order valence-electron chi connectivity index (χ4n) is 5.52. The summed E-state index contributed by atoms with van der Waals surface area (Å²) < 4.78 is 41.5. The highest BCUT2D eigenvalue weighted by atomic mass is 32.2. The second-order valence-electron chi connectivity index (χ2n) is 10.7. The van der Waals surface area contributed by atoms with Crippen molar-refractivity contribution >= 4 is 11.8 Å². The third-order valence-corrected chi connectivity index (χ3v) is 9.15. The molecule has 14 nitrogen and oxygen atoms in total. The third kappa shape index (κ3) is 6.23. The zero-order valence-electron chi connectivity index (χ0n) is 23.3. The third-order valence-electron chi connectivity index (χ3n) is 7.84. The fourth-order valence-corrected chi connectivity index (χ4v) is 6.84. The summed E-state index contributed by atoms with van der Waals surface area (Å²) in [7, 11) is 0. The molecule has 10 atom stereocenters. The van der Waals surface area contributed by atoms with Crippen molar-refractivity contribution in [2.45, 2.75) is 59.6 Å². The number of ether oxygens (including phenoxy) is 2. The Labute approximate surface area is 258 Å². The Kier molecular flexibility index (Phi) is 9.23. The molecule has 4 heterocycles. The number of hydrogen-bond donors (Lipinski definition) is 6. The Balaban J connectivity index is 1.25. The smallest absolute Gasteiger partial charge is 0.134 e. The van der Waals surface area contributed by atoms with E-state index in [9.17, 15) is 39.4 Å². The predicted molar refractivity (Wildman–Crippen MR) is 152 cm³/mol. The predicted octanol–water partition coefficient (Wildman–Crippen LogP) is -0.125. The van der Waals surface area contributed by atoms with Crippen molar-refractivity contribution in [3.63, 3.8) is 0 Å². The first-order valence-electron chi connectivity index (χ1n) is 13.9. The van der Waals surface area contributed by atoms with E-state index in [4.69, 9.17) is 9.47 Å². The maximum atomic E-state index is 13.8. The molecule has 2 fully saturated rings. The highest BCUT2D eigenvalue weighted by molar-refractivity contribution is 8.00. The highest BCUT2D eigenvalue weighted by Gasteiger charge is 2.51. The Hall–Kier alpha value is -3.39. The van der Waals surface area contributed by atoms with Crippen LogP contribution in [0.3, 0.4) is 0 Å². The van der Waals surface area contributed by atoms with Crippen LogP contribution < -0.4 is 0 Å². The zero-order chi connectivity index (χ0) is 31.8. The molecule has 2 aliphatic rings. The molecular weight excluding hydrogens is 618 g/mol. The molecule has 45 heavy (non-hydrogen) atoms. The number of rotatable bonds is 8. The van der Waals surface area contributed by atoms with Gasteiger partial charge in [0.25, 0.3) is 0 Å². The molecule has 6 rings (SSSR count). The Morgan fingerprint density at radius 1 is 0.667 bits per heavy atom. The fraction of sp³-hybridized carbons (Fsp3) is 0.429. The van der Waals surface area contributed by atoms with E-state index < -0.39 is 84.4 Å². The summed E-state index contributed by atoms with van der Waals surface area (Å²) >= 11 is 0.796. The van der Waals surface area contributed by atoms with Crippen molar-refractivity contribution in [1.29, 1.82) is 0 Å². The summed E-state index contributed by atoms with van der Waals surface area (Å²) in [5.74, 6) is -0.978. The van der Waals surface area contributed by atoms with Crippen LogP contribution in [0, 0.1) is 11.6 Å². The van der Waals surface area contributed by atoms with E-state index >= 15 is 0 Å². The minimum absolute atomic E-state index is 0.268. The quantitative estimate of drug-likeness (QED) is 0.148. The van der Waals surface area contributed by atoms with Crippen LogP contribution in [0.2, 0.25) is 0 Å². The second-order valence-corrected chi connectivity index (χ2v) is 11.9. The number of aromatic nitrogens is 6. The van der Waals surface area contributed by atoms with E-state index in [1.54, 1.807) is 12.1 Å². The van der Waals surface area contributed by atoms with Gasteiger partial charge < -0.3 is 40.1 Å². The number of halogens is 2. The summed E-state index contributed by atoms with van der Waals surface area (Å²) in [6, 6.07) is 8.88. The molecule has 17 heteroatoms. The molecule has 0 amide bonds. The Morgan fingerprint density at radius 2 is 1.09 bits per heavy atom. The first-order valence-corrected chi connectivity index (χ1v) is 14.9. The minimum Gasteiger partial charge on any atom is -0.394 e. The monoisotopic (exact) mass is 648 g/mol. The van der Waals surface area contributed by atoms with Crippen molar-refractivity contribution < 1.29 is 48.9 Å². The van der Waals surface area contributed by atoms with Crippen molar-refractivity contribution in [3.05, 3.63) is 72.6 Å². The SMILES string of the molecule is OCC1O[C@@H](S[C@@H]2O[C@H](CO)C(O)C(n3cc(-c4cccc(F)c4)nn3)[C@H]2O)C(O)C(n2cc(-c3cccc(F)c3)nn2)[C@H]1O. The van der Waals surface area contributed by atoms with Crippen LogP contribution in [-0.4, -0.2) is 121 Å². The van der Waals surface area contributed by atoms with Crippen LogP contribution in [-0.2, 0) is 9.47 Å². The zero-order valence-corrected chi connectivity index (χ0v) is 24.1. The molecule has 4 aromatic rings. The number of aliphatic hydroxyl groups is 6. The van der Waals surface area contributed by atoms with Crippen molar-refractivity contribution in [1.82, 2.24) is 30.0 Å². The lowest BCUT2D eigenvalue weighted by Crippen LogP contribution is -2.58. The first-order chi connectivity index (χ1) is 21.7.